The summed E-state index contributed by atoms with van der Waals surface area (Å²) in [7, 11) is 1.55. The van der Waals surface area contributed by atoms with Crippen LogP contribution in [-0.4, -0.2) is 8.42 Å². The van der Waals surface area contributed by atoms with Crippen LogP contribution in [0.15, 0.2) is 36.4 Å². The zero-order valence-corrected chi connectivity index (χ0v) is 13.7. The van der Waals surface area contributed by atoms with Gasteiger partial charge in [0.2, 0.25) is 9.05 Å². The summed E-state index contributed by atoms with van der Waals surface area (Å²) in [6.45, 7) is 3.44. The SMILES string of the molecule is Cc1ccc(F)cc1CC(c1cc(F)ccc1C)S(=O)(=O)Cl. The Bertz CT molecular complexity index is 804. The highest BCUT2D eigenvalue weighted by atomic mass is 35.7. The van der Waals surface area contributed by atoms with Crippen LogP contribution in [0, 0.1) is 25.5 Å². The molecular weight excluding hydrogens is 330 g/mol. The minimum atomic E-state index is -4.00. The maximum absolute atomic E-state index is 13.5. The molecule has 0 saturated heterocycles. The third-order valence-corrected chi connectivity index (χ3v) is 5.39. The average molecular weight is 345 g/mol. The Labute approximate surface area is 133 Å². The van der Waals surface area contributed by atoms with Gasteiger partial charge in [-0.1, -0.05) is 12.1 Å². The maximum atomic E-state index is 13.5. The summed E-state index contributed by atoms with van der Waals surface area (Å²) in [5, 5.41) is -1.13. The zero-order chi connectivity index (χ0) is 16.5. The fourth-order valence-corrected chi connectivity index (χ4v) is 3.79. The van der Waals surface area contributed by atoms with E-state index in [9.17, 15) is 17.2 Å². The molecule has 0 spiro atoms. The molecule has 0 radical (unpaired) electrons. The van der Waals surface area contributed by atoms with Gasteiger partial charge >= 0.3 is 0 Å². The first-order valence-electron chi connectivity index (χ1n) is 6.63. The number of hydrogen-bond donors (Lipinski definition) is 0. The highest BCUT2D eigenvalue weighted by Gasteiger charge is 2.28. The third-order valence-electron chi connectivity index (χ3n) is 3.64. The van der Waals surface area contributed by atoms with Crippen molar-refractivity contribution in [1.29, 1.82) is 0 Å². The molecule has 1 atom stereocenters. The molecule has 2 nitrogen and oxygen atoms in total. The van der Waals surface area contributed by atoms with Gasteiger partial charge in [-0.2, -0.15) is 0 Å². The van der Waals surface area contributed by atoms with Crippen LogP contribution in [0.3, 0.4) is 0 Å². The maximum Gasteiger partial charge on any atom is 0.239 e. The van der Waals surface area contributed by atoms with Gasteiger partial charge in [-0.05, 0) is 66.8 Å². The predicted molar refractivity (Wildman–Crippen MR) is 83.5 cm³/mol. The monoisotopic (exact) mass is 344 g/mol. The molecular formula is C16H15ClF2O2S. The molecule has 2 rings (SSSR count). The number of benzene rings is 2. The summed E-state index contributed by atoms with van der Waals surface area (Å²) in [6.07, 6.45) is -0.0142. The van der Waals surface area contributed by atoms with Crippen LogP contribution in [0.5, 0.6) is 0 Å². The molecule has 22 heavy (non-hydrogen) atoms. The highest BCUT2D eigenvalue weighted by Crippen LogP contribution is 2.33. The first kappa shape index (κ1) is 16.9. The Morgan fingerprint density at radius 2 is 1.55 bits per heavy atom. The fourth-order valence-electron chi connectivity index (χ4n) is 2.38. The van der Waals surface area contributed by atoms with E-state index in [1.54, 1.807) is 19.9 Å². The molecule has 0 N–H and O–H groups in total. The largest absolute Gasteiger partial charge is 0.239 e. The molecule has 0 amide bonds. The van der Waals surface area contributed by atoms with Gasteiger partial charge in [0, 0.05) is 10.7 Å². The van der Waals surface area contributed by atoms with E-state index in [1.807, 2.05) is 0 Å². The molecule has 0 aliphatic rings. The Balaban J connectivity index is 2.53. The first-order chi connectivity index (χ1) is 10.2. The molecule has 1 unspecified atom stereocenters. The van der Waals surface area contributed by atoms with Gasteiger partial charge in [-0.25, -0.2) is 17.2 Å². The van der Waals surface area contributed by atoms with Crippen molar-refractivity contribution in [3.8, 4) is 0 Å². The second-order valence-electron chi connectivity index (χ2n) is 5.24. The molecule has 0 saturated carbocycles. The Hall–Kier alpha value is -1.46. The summed E-state index contributed by atoms with van der Waals surface area (Å²) < 4.78 is 50.8. The molecule has 0 aliphatic carbocycles. The van der Waals surface area contributed by atoms with Gasteiger partial charge in [0.15, 0.2) is 0 Å². The van der Waals surface area contributed by atoms with E-state index in [-0.39, 0.29) is 6.42 Å². The van der Waals surface area contributed by atoms with Crippen LogP contribution in [0.1, 0.15) is 27.5 Å². The zero-order valence-electron chi connectivity index (χ0n) is 12.1. The second-order valence-corrected chi connectivity index (χ2v) is 8.05. The minimum absolute atomic E-state index is 0.0142. The molecule has 0 aliphatic heterocycles. The molecule has 2 aromatic rings. The lowest BCUT2D eigenvalue weighted by molar-refractivity contribution is 0.591. The lowest BCUT2D eigenvalue weighted by atomic mass is 9.97. The standard InChI is InChI=1S/C16H15ClF2O2S/c1-10-3-5-13(18)7-12(10)8-16(22(17,20)21)15-9-14(19)6-4-11(15)2/h3-7,9,16H,8H2,1-2H3. The van der Waals surface area contributed by atoms with Gasteiger partial charge in [0.25, 0.3) is 0 Å². The second kappa shape index (κ2) is 6.34. The summed E-state index contributed by atoms with van der Waals surface area (Å²) in [5.41, 5.74) is 2.18. The average Bonchev–Trinajstić information content (AvgIpc) is 2.41. The van der Waals surface area contributed by atoms with Crippen molar-refractivity contribution in [3.63, 3.8) is 0 Å². The third kappa shape index (κ3) is 3.84. The Morgan fingerprint density at radius 3 is 2.14 bits per heavy atom. The number of halogens is 3. The van der Waals surface area contributed by atoms with Crippen molar-refractivity contribution in [2.75, 3.05) is 0 Å². The fraction of sp³-hybridized carbons (Fsp3) is 0.250. The minimum Gasteiger partial charge on any atom is -0.212 e. The van der Waals surface area contributed by atoms with E-state index in [0.717, 1.165) is 11.6 Å². The van der Waals surface area contributed by atoms with Crippen molar-refractivity contribution >= 4 is 19.7 Å². The van der Waals surface area contributed by atoms with Crippen LogP contribution in [0.2, 0.25) is 0 Å². The van der Waals surface area contributed by atoms with E-state index in [1.165, 1.54) is 24.3 Å². The molecule has 0 fully saturated rings. The lowest BCUT2D eigenvalue weighted by Gasteiger charge is -2.18. The van der Waals surface area contributed by atoms with Gasteiger partial charge in [0.05, 0.1) is 0 Å². The van der Waals surface area contributed by atoms with Crippen LogP contribution < -0.4 is 0 Å². The van der Waals surface area contributed by atoms with E-state index in [4.69, 9.17) is 10.7 Å². The van der Waals surface area contributed by atoms with Crippen LogP contribution >= 0.6 is 10.7 Å². The first-order valence-corrected chi connectivity index (χ1v) is 9.00. The van der Waals surface area contributed by atoms with E-state index >= 15 is 0 Å². The van der Waals surface area contributed by atoms with Gasteiger partial charge < -0.3 is 0 Å². The van der Waals surface area contributed by atoms with Crippen LogP contribution in [-0.2, 0) is 15.5 Å². The molecule has 0 heterocycles. The molecule has 118 valence electrons. The lowest BCUT2D eigenvalue weighted by Crippen LogP contribution is -2.13. The number of hydrogen-bond acceptors (Lipinski definition) is 2. The Kier molecular flexibility index (Phi) is 4.87. The summed E-state index contributed by atoms with van der Waals surface area (Å²) in [6, 6.07) is 8.06. The summed E-state index contributed by atoms with van der Waals surface area (Å²) in [5.74, 6) is -0.996. The highest BCUT2D eigenvalue weighted by molar-refractivity contribution is 8.13. The van der Waals surface area contributed by atoms with Gasteiger partial charge in [-0.15, -0.1) is 0 Å². The summed E-state index contributed by atoms with van der Waals surface area (Å²) in [4.78, 5) is 0. The van der Waals surface area contributed by atoms with Gasteiger partial charge in [0.1, 0.15) is 16.9 Å². The van der Waals surface area contributed by atoms with Gasteiger partial charge in [-0.3, -0.25) is 0 Å². The van der Waals surface area contributed by atoms with E-state index in [2.05, 4.69) is 0 Å². The summed E-state index contributed by atoms with van der Waals surface area (Å²) >= 11 is 0. The van der Waals surface area contributed by atoms with E-state index < -0.39 is 25.9 Å². The topological polar surface area (TPSA) is 34.1 Å². The van der Waals surface area contributed by atoms with Crippen molar-refractivity contribution < 1.29 is 17.2 Å². The molecule has 0 aromatic heterocycles. The molecule has 6 heteroatoms. The van der Waals surface area contributed by atoms with E-state index in [0.29, 0.717) is 16.7 Å². The van der Waals surface area contributed by atoms with Crippen molar-refractivity contribution in [2.24, 2.45) is 0 Å². The Morgan fingerprint density at radius 1 is 1.00 bits per heavy atom. The van der Waals surface area contributed by atoms with Crippen molar-refractivity contribution in [1.82, 2.24) is 0 Å². The smallest absolute Gasteiger partial charge is 0.212 e. The molecule has 2 aromatic carbocycles. The number of aryl methyl sites for hydroxylation is 2. The van der Waals surface area contributed by atoms with Crippen molar-refractivity contribution in [2.45, 2.75) is 25.5 Å². The predicted octanol–water partition coefficient (Wildman–Crippen LogP) is 4.43. The van der Waals surface area contributed by atoms with Crippen LogP contribution in [0.25, 0.3) is 0 Å². The molecule has 0 bridgehead atoms. The van der Waals surface area contributed by atoms with Crippen LogP contribution in [0.4, 0.5) is 8.78 Å². The quantitative estimate of drug-likeness (QED) is 0.769. The van der Waals surface area contributed by atoms with Crippen molar-refractivity contribution in [3.05, 3.63) is 70.3 Å². The normalized spacial score (nSPS) is 13.1. The number of rotatable bonds is 4.